The van der Waals surface area contributed by atoms with Gasteiger partial charge in [-0.2, -0.15) is 0 Å². The topological polar surface area (TPSA) is 47.0 Å². The van der Waals surface area contributed by atoms with Gasteiger partial charge in [0, 0.05) is 24.2 Å². The van der Waals surface area contributed by atoms with E-state index in [1.807, 2.05) is 13.0 Å². The SMILES string of the molecule is Cc1cc(NCCOC2CCCC2)nc(C(C)C)n1. The van der Waals surface area contributed by atoms with Crippen LogP contribution in [0.15, 0.2) is 6.07 Å². The van der Waals surface area contributed by atoms with Crippen LogP contribution in [-0.2, 0) is 4.74 Å². The highest BCUT2D eigenvalue weighted by Crippen LogP contribution is 2.20. The number of hydrogen-bond donors (Lipinski definition) is 1. The van der Waals surface area contributed by atoms with E-state index in [1.54, 1.807) is 0 Å². The van der Waals surface area contributed by atoms with Gasteiger partial charge in [-0.3, -0.25) is 0 Å². The van der Waals surface area contributed by atoms with Gasteiger partial charge in [0.25, 0.3) is 0 Å². The number of ether oxygens (including phenoxy) is 1. The lowest BCUT2D eigenvalue weighted by molar-refractivity contribution is 0.0658. The Balaban J connectivity index is 1.78. The Morgan fingerprint density at radius 2 is 2.05 bits per heavy atom. The average Bonchev–Trinajstić information content (AvgIpc) is 2.87. The normalized spacial score (nSPS) is 16.2. The maximum atomic E-state index is 5.83. The van der Waals surface area contributed by atoms with Crippen LogP contribution in [0.1, 0.15) is 57.0 Å². The van der Waals surface area contributed by atoms with Crippen LogP contribution in [-0.4, -0.2) is 29.2 Å². The Morgan fingerprint density at radius 1 is 1.32 bits per heavy atom. The second kappa shape index (κ2) is 6.85. The fourth-order valence-corrected chi connectivity index (χ4v) is 2.40. The second-order valence-corrected chi connectivity index (χ2v) is 5.61. The smallest absolute Gasteiger partial charge is 0.133 e. The molecule has 0 saturated heterocycles. The predicted octanol–water partition coefficient (Wildman–Crippen LogP) is 3.28. The molecule has 4 heteroatoms. The van der Waals surface area contributed by atoms with E-state index >= 15 is 0 Å². The van der Waals surface area contributed by atoms with Gasteiger partial charge in [0.1, 0.15) is 11.6 Å². The van der Waals surface area contributed by atoms with Crippen LogP contribution >= 0.6 is 0 Å². The number of aromatic nitrogens is 2. The summed E-state index contributed by atoms with van der Waals surface area (Å²) in [7, 11) is 0. The van der Waals surface area contributed by atoms with E-state index in [2.05, 4.69) is 29.1 Å². The van der Waals surface area contributed by atoms with Crippen LogP contribution in [0, 0.1) is 6.92 Å². The highest BCUT2D eigenvalue weighted by molar-refractivity contribution is 5.36. The van der Waals surface area contributed by atoms with Crippen molar-refractivity contribution in [1.29, 1.82) is 0 Å². The lowest BCUT2D eigenvalue weighted by Gasteiger charge is -2.13. The molecule has 0 unspecified atom stereocenters. The minimum atomic E-state index is 0.357. The van der Waals surface area contributed by atoms with E-state index in [-0.39, 0.29) is 0 Å². The summed E-state index contributed by atoms with van der Waals surface area (Å²) in [5.74, 6) is 2.17. The first-order valence-electron chi connectivity index (χ1n) is 7.36. The molecule has 1 aliphatic carbocycles. The van der Waals surface area contributed by atoms with E-state index in [1.165, 1.54) is 25.7 Å². The second-order valence-electron chi connectivity index (χ2n) is 5.61. The molecule has 0 atom stereocenters. The van der Waals surface area contributed by atoms with E-state index in [0.29, 0.717) is 12.0 Å². The summed E-state index contributed by atoms with van der Waals surface area (Å²) in [5.41, 5.74) is 1.01. The third-order valence-corrected chi connectivity index (χ3v) is 3.45. The van der Waals surface area contributed by atoms with Crippen LogP contribution in [0.25, 0.3) is 0 Å². The lowest BCUT2D eigenvalue weighted by atomic mass is 10.2. The quantitative estimate of drug-likeness (QED) is 0.800. The van der Waals surface area contributed by atoms with Gasteiger partial charge in [-0.25, -0.2) is 9.97 Å². The Hall–Kier alpha value is -1.16. The summed E-state index contributed by atoms with van der Waals surface area (Å²) in [6.07, 6.45) is 5.58. The maximum Gasteiger partial charge on any atom is 0.133 e. The Labute approximate surface area is 116 Å². The molecule has 1 N–H and O–H groups in total. The molecule has 0 aromatic carbocycles. The predicted molar refractivity (Wildman–Crippen MR) is 77.6 cm³/mol. The third kappa shape index (κ3) is 4.46. The van der Waals surface area contributed by atoms with Crippen LogP contribution in [0.5, 0.6) is 0 Å². The molecule has 0 radical (unpaired) electrons. The molecular formula is C15H25N3O. The van der Waals surface area contributed by atoms with E-state index in [4.69, 9.17) is 4.74 Å². The third-order valence-electron chi connectivity index (χ3n) is 3.45. The van der Waals surface area contributed by atoms with Crippen molar-refractivity contribution < 1.29 is 4.74 Å². The van der Waals surface area contributed by atoms with Crippen molar-refractivity contribution in [3.8, 4) is 0 Å². The molecule has 19 heavy (non-hydrogen) atoms. The molecule has 0 amide bonds. The molecule has 1 aliphatic rings. The van der Waals surface area contributed by atoms with E-state index in [0.717, 1.165) is 30.5 Å². The van der Waals surface area contributed by atoms with Crippen molar-refractivity contribution in [3.63, 3.8) is 0 Å². The zero-order chi connectivity index (χ0) is 13.7. The Kier molecular flexibility index (Phi) is 5.14. The zero-order valence-electron chi connectivity index (χ0n) is 12.3. The van der Waals surface area contributed by atoms with Crippen molar-refractivity contribution in [1.82, 2.24) is 9.97 Å². The Morgan fingerprint density at radius 3 is 2.74 bits per heavy atom. The van der Waals surface area contributed by atoms with Gasteiger partial charge in [-0.05, 0) is 19.8 Å². The molecule has 106 valence electrons. The van der Waals surface area contributed by atoms with Crippen molar-refractivity contribution in [3.05, 3.63) is 17.6 Å². The highest BCUT2D eigenvalue weighted by Gasteiger charge is 2.14. The minimum absolute atomic E-state index is 0.357. The van der Waals surface area contributed by atoms with Crippen LogP contribution < -0.4 is 5.32 Å². The summed E-state index contributed by atoms with van der Waals surface area (Å²) in [5, 5.41) is 3.33. The molecule has 1 aromatic rings. The summed E-state index contributed by atoms with van der Waals surface area (Å²) in [6, 6.07) is 1.99. The molecular weight excluding hydrogens is 238 g/mol. The fourth-order valence-electron chi connectivity index (χ4n) is 2.40. The van der Waals surface area contributed by atoms with Gasteiger partial charge in [0.2, 0.25) is 0 Å². The monoisotopic (exact) mass is 263 g/mol. The van der Waals surface area contributed by atoms with Crippen LogP contribution in [0.2, 0.25) is 0 Å². The number of nitrogens with one attached hydrogen (secondary N) is 1. The zero-order valence-corrected chi connectivity index (χ0v) is 12.3. The van der Waals surface area contributed by atoms with Gasteiger partial charge < -0.3 is 10.1 Å². The molecule has 4 nitrogen and oxygen atoms in total. The number of rotatable bonds is 6. The molecule has 2 rings (SSSR count). The van der Waals surface area contributed by atoms with Gasteiger partial charge >= 0.3 is 0 Å². The summed E-state index contributed by atoms with van der Waals surface area (Å²) < 4.78 is 5.83. The first kappa shape index (κ1) is 14.3. The molecule has 0 bridgehead atoms. The van der Waals surface area contributed by atoms with Gasteiger partial charge in [-0.15, -0.1) is 0 Å². The number of hydrogen-bond acceptors (Lipinski definition) is 4. The first-order valence-corrected chi connectivity index (χ1v) is 7.36. The van der Waals surface area contributed by atoms with Crippen molar-refractivity contribution in [2.24, 2.45) is 0 Å². The van der Waals surface area contributed by atoms with Gasteiger partial charge in [0.15, 0.2) is 0 Å². The summed E-state index contributed by atoms with van der Waals surface area (Å²) in [6.45, 7) is 7.80. The lowest BCUT2D eigenvalue weighted by Crippen LogP contribution is -2.16. The average molecular weight is 263 g/mol. The summed E-state index contributed by atoms with van der Waals surface area (Å²) >= 11 is 0. The minimum Gasteiger partial charge on any atom is -0.376 e. The maximum absolute atomic E-state index is 5.83. The summed E-state index contributed by atoms with van der Waals surface area (Å²) in [4.78, 5) is 8.97. The number of nitrogens with zero attached hydrogens (tertiary/aromatic N) is 2. The standard InChI is InChI=1S/C15H25N3O/c1-11(2)15-17-12(3)10-14(18-15)16-8-9-19-13-6-4-5-7-13/h10-11,13H,4-9H2,1-3H3,(H,16,17,18). The molecule has 0 aliphatic heterocycles. The van der Waals surface area contributed by atoms with Crippen molar-refractivity contribution in [2.45, 2.75) is 58.5 Å². The molecule has 1 fully saturated rings. The highest BCUT2D eigenvalue weighted by atomic mass is 16.5. The van der Waals surface area contributed by atoms with Crippen LogP contribution in [0.3, 0.4) is 0 Å². The fraction of sp³-hybridized carbons (Fsp3) is 0.733. The first-order chi connectivity index (χ1) is 9.15. The molecule has 1 saturated carbocycles. The molecule has 1 aromatic heterocycles. The Bertz CT molecular complexity index is 400. The van der Waals surface area contributed by atoms with Crippen LogP contribution in [0.4, 0.5) is 5.82 Å². The van der Waals surface area contributed by atoms with E-state index in [9.17, 15) is 0 Å². The number of anilines is 1. The molecule has 0 spiro atoms. The largest absolute Gasteiger partial charge is 0.376 e. The van der Waals surface area contributed by atoms with Crippen molar-refractivity contribution in [2.75, 3.05) is 18.5 Å². The van der Waals surface area contributed by atoms with Gasteiger partial charge in [0.05, 0.1) is 12.7 Å². The van der Waals surface area contributed by atoms with Gasteiger partial charge in [-0.1, -0.05) is 26.7 Å². The van der Waals surface area contributed by atoms with E-state index < -0.39 is 0 Å². The van der Waals surface area contributed by atoms with Crippen molar-refractivity contribution >= 4 is 5.82 Å². The molecule has 1 heterocycles. The number of aryl methyl sites for hydroxylation is 1.